The number of hydrogen-bond acceptors (Lipinski definition) is 3. The number of likely N-dealkylation sites (N-methyl/N-ethyl adjacent to an activating group) is 1. The van der Waals surface area contributed by atoms with Crippen molar-refractivity contribution in [2.75, 3.05) is 7.05 Å². The van der Waals surface area contributed by atoms with Crippen molar-refractivity contribution in [3.63, 3.8) is 0 Å². The van der Waals surface area contributed by atoms with Crippen molar-refractivity contribution in [1.82, 2.24) is 15.1 Å². The summed E-state index contributed by atoms with van der Waals surface area (Å²) >= 11 is 1.88. The van der Waals surface area contributed by atoms with E-state index >= 15 is 0 Å². The minimum absolute atomic E-state index is 0.337. The highest BCUT2D eigenvalue weighted by atomic mass is 32.1. The largest absolute Gasteiger partial charge is 0.312 e. The molecular formula is C17H21N3S. The van der Waals surface area contributed by atoms with Crippen molar-refractivity contribution < 1.29 is 0 Å². The molecule has 0 spiro atoms. The Hall–Kier alpha value is -1.65. The lowest BCUT2D eigenvalue weighted by molar-refractivity contribution is 0.547. The van der Waals surface area contributed by atoms with Crippen LogP contribution in [0.25, 0.3) is 10.1 Å². The molecule has 4 heteroatoms. The number of nitrogens with zero attached hydrogens (tertiary/aromatic N) is 2. The topological polar surface area (TPSA) is 29.9 Å². The van der Waals surface area contributed by atoms with E-state index in [0.29, 0.717) is 6.04 Å². The van der Waals surface area contributed by atoms with Gasteiger partial charge in [0, 0.05) is 34.3 Å². The molecule has 0 radical (unpaired) electrons. The van der Waals surface area contributed by atoms with Crippen LogP contribution in [0.1, 0.15) is 29.2 Å². The number of aryl methyl sites for hydroxylation is 2. The van der Waals surface area contributed by atoms with Crippen LogP contribution in [-0.2, 0) is 13.0 Å². The van der Waals surface area contributed by atoms with Gasteiger partial charge >= 0.3 is 0 Å². The molecule has 2 heterocycles. The van der Waals surface area contributed by atoms with Gasteiger partial charge in [-0.15, -0.1) is 11.3 Å². The van der Waals surface area contributed by atoms with E-state index in [2.05, 4.69) is 65.3 Å². The van der Waals surface area contributed by atoms with Gasteiger partial charge in [-0.05, 0) is 44.5 Å². The van der Waals surface area contributed by atoms with E-state index in [0.717, 1.165) is 18.7 Å². The highest BCUT2D eigenvalue weighted by molar-refractivity contribution is 7.19. The van der Waals surface area contributed by atoms with Gasteiger partial charge in [-0.2, -0.15) is 5.10 Å². The molecule has 1 unspecified atom stereocenters. The third-order valence-electron chi connectivity index (χ3n) is 3.83. The summed E-state index contributed by atoms with van der Waals surface area (Å²) in [4.78, 5) is 1.39. The van der Waals surface area contributed by atoms with Crippen LogP contribution in [0.4, 0.5) is 0 Å². The minimum Gasteiger partial charge on any atom is -0.312 e. The van der Waals surface area contributed by atoms with Crippen LogP contribution < -0.4 is 5.32 Å². The fraction of sp³-hybridized carbons (Fsp3) is 0.353. The SMILES string of the molecule is CCn1nc(C)cc1CC(NC)c1cc2ccccc2s1. The molecule has 3 aromatic rings. The molecule has 3 nitrogen and oxygen atoms in total. The first kappa shape index (κ1) is 14.3. The molecule has 1 atom stereocenters. The Morgan fingerprint density at radius 2 is 2.10 bits per heavy atom. The average Bonchev–Trinajstić information content (AvgIpc) is 3.07. The van der Waals surface area contributed by atoms with Crippen LogP contribution in [0.5, 0.6) is 0 Å². The fourth-order valence-corrected chi connectivity index (χ4v) is 3.94. The predicted octanol–water partition coefficient (Wildman–Crippen LogP) is 3.93. The van der Waals surface area contributed by atoms with Gasteiger partial charge in [-0.25, -0.2) is 0 Å². The van der Waals surface area contributed by atoms with Crippen LogP contribution in [0.3, 0.4) is 0 Å². The Morgan fingerprint density at radius 1 is 1.29 bits per heavy atom. The highest BCUT2D eigenvalue weighted by Gasteiger charge is 2.16. The molecule has 0 amide bonds. The Morgan fingerprint density at radius 3 is 2.81 bits per heavy atom. The molecule has 0 saturated carbocycles. The molecule has 2 aromatic heterocycles. The second kappa shape index (κ2) is 6.00. The van der Waals surface area contributed by atoms with E-state index in [1.54, 1.807) is 0 Å². The molecule has 1 aromatic carbocycles. The summed E-state index contributed by atoms with van der Waals surface area (Å²) < 4.78 is 3.46. The van der Waals surface area contributed by atoms with E-state index in [4.69, 9.17) is 0 Å². The number of hydrogen-bond donors (Lipinski definition) is 1. The first-order valence-corrected chi connectivity index (χ1v) is 8.22. The Bertz CT molecular complexity index is 708. The molecule has 3 rings (SSSR count). The van der Waals surface area contributed by atoms with Crippen molar-refractivity contribution >= 4 is 21.4 Å². The third kappa shape index (κ3) is 2.87. The lowest BCUT2D eigenvalue weighted by Crippen LogP contribution is -2.19. The Kier molecular flexibility index (Phi) is 4.08. The van der Waals surface area contributed by atoms with Gasteiger partial charge in [-0.3, -0.25) is 4.68 Å². The summed E-state index contributed by atoms with van der Waals surface area (Å²) in [6.45, 7) is 5.12. The summed E-state index contributed by atoms with van der Waals surface area (Å²) in [5, 5.41) is 9.33. The van der Waals surface area contributed by atoms with Crippen molar-refractivity contribution in [2.45, 2.75) is 32.9 Å². The van der Waals surface area contributed by atoms with Crippen molar-refractivity contribution in [2.24, 2.45) is 0 Å². The Balaban J connectivity index is 1.90. The standard InChI is InChI=1S/C17H21N3S/c1-4-20-14(9-12(2)19-20)11-15(18-3)17-10-13-7-5-6-8-16(13)21-17/h5-10,15,18H,4,11H2,1-3H3. The molecule has 1 N–H and O–H groups in total. The lowest BCUT2D eigenvalue weighted by atomic mass is 10.1. The van der Waals surface area contributed by atoms with Crippen LogP contribution in [0.15, 0.2) is 36.4 Å². The number of aromatic nitrogens is 2. The van der Waals surface area contributed by atoms with Crippen molar-refractivity contribution in [1.29, 1.82) is 0 Å². The van der Waals surface area contributed by atoms with Crippen LogP contribution >= 0.6 is 11.3 Å². The monoisotopic (exact) mass is 299 g/mol. The van der Waals surface area contributed by atoms with E-state index in [-0.39, 0.29) is 0 Å². The van der Waals surface area contributed by atoms with Crippen LogP contribution in [0.2, 0.25) is 0 Å². The number of nitrogens with one attached hydrogen (secondary N) is 1. The van der Waals surface area contributed by atoms with Gasteiger partial charge in [0.05, 0.1) is 5.69 Å². The molecule has 21 heavy (non-hydrogen) atoms. The molecular weight excluding hydrogens is 278 g/mol. The second-order valence-corrected chi connectivity index (χ2v) is 6.44. The maximum atomic E-state index is 4.55. The van der Waals surface area contributed by atoms with Gasteiger partial charge in [0.15, 0.2) is 0 Å². The highest BCUT2D eigenvalue weighted by Crippen LogP contribution is 2.31. The van der Waals surface area contributed by atoms with Crippen molar-refractivity contribution in [3.8, 4) is 0 Å². The van der Waals surface area contributed by atoms with Crippen molar-refractivity contribution in [3.05, 3.63) is 52.7 Å². The lowest BCUT2D eigenvalue weighted by Gasteiger charge is -2.15. The molecule has 0 aliphatic carbocycles. The van der Waals surface area contributed by atoms with Gasteiger partial charge < -0.3 is 5.32 Å². The number of fused-ring (bicyclic) bond motifs is 1. The number of thiophene rings is 1. The molecule has 0 aliphatic heterocycles. The first-order valence-electron chi connectivity index (χ1n) is 7.40. The second-order valence-electron chi connectivity index (χ2n) is 5.32. The number of rotatable bonds is 5. The molecule has 0 saturated heterocycles. The summed E-state index contributed by atoms with van der Waals surface area (Å²) in [6.07, 6.45) is 0.970. The van der Waals surface area contributed by atoms with Gasteiger partial charge in [0.1, 0.15) is 0 Å². The summed E-state index contributed by atoms with van der Waals surface area (Å²) in [7, 11) is 2.04. The molecule has 0 fully saturated rings. The van der Waals surface area contributed by atoms with Gasteiger partial charge in [0.2, 0.25) is 0 Å². The maximum absolute atomic E-state index is 4.55. The molecule has 110 valence electrons. The van der Waals surface area contributed by atoms with E-state index in [9.17, 15) is 0 Å². The first-order chi connectivity index (χ1) is 10.2. The van der Waals surface area contributed by atoms with Crippen LogP contribution in [-0.4, -0.2) is 16.8 Å². The predicted molar refractivity (Wildman–Crippen MR) is 90.0 cm³/mol. The molecule has 0 aliphatic rings. The summed E-state index contributed by atoms with van der Waals surface area (Å²) in [5.41, 5.74) is 2.39. The summed E-state index contributed by atoms with van der Waals surface area (Å²) in [5.74, 6) is 0. The van der Waals surface area contributed by atoms with Crippen LogP contribution in [0, 0.1) is 6.92 Å². The zero-order valence-corrected chi connectivity index (χ0v) is 13.6. The third-order valence-corrected chi connectivity index (χ3v) is 5.06. The molecule has 0 bridgehead atoms. The van der Waals surface area contributed by atoms with E-state index in [1.807, 2.05) is 18.4 Å². The van der Waals surface area contributed by atoms with E-state index in [1.165, 1.54) is 20.7 Å². The van der Waals surface area contributed by atoms with E-state index < -0.39 is 0 Å². The Labute approximate surface area is 129 Å². The smallest absolute Gasteiger partial charge is 0.0596 e. The fourth-order valence-electron chi connectivity index (χ4n) is 2.77. The van der Waals surface area contributed by atoms with Gasteiger partial charge in [-0.1, -0.05) is 18.2 Å². The normalized spacial score (nSPS) is 12.9. The zero-order valence-electron chi connectivity index (χ0n) is 12.8. The maximum Gasteiger partial charge on any atom is 0.0596 e. The minimum atomic E-state index is 0.337. The zero-order chi connectivity index (χ0) is 14.8. The van der Waals surface area contributed by atoms with Gasteiger partial charge in [0.25, 0.3) is 0 Å². The number of benzene rings is 1. The average molecular weight is 299 g/mol. The quantitative estimate of drug-likeness (QED) is 0.773. The summed E-state index contributed by atoms with van der Waals surface area (Å²) in [6, 6.07) is 13.4.